The summed E-state index contributed by atoms with van der Waals surface area (Å²) in [6.07, 6.45) is 6.93. The van der Waals surface area contributed by atoms with Crippen LogP contribution >= 0.6 is 0 Å². The van der Waals surface area contributed by atoms with E-state index in [4.69, 9.17) is 0 Å². The van der Waals surface area contributed by atoms with Gasteiger partial charge in [0.1, 0.15) is 12.1 Å². The van der Waals surface area contributed by atoms with Gasteiger partial charge in [-0.15, -0.1) is 6.58 Å². The molecule has 0 bridgehead atoms. The Bertz CT molecular complexity index is 425. The molecule has 20 heavy (non-hydrogen) atoms. The first kappa shape index (κ1) is 14.6. The fraction of sp³-hybridized carbons (Fsp3) is 0.643. The van der Waals surface area contributed by atoms with E-state index in [9.17, 15) is 14.4 Å². The first-order valence-corrected chi connectivity index (χ1v) is 7.11. The lowest BCUT2D eigenvalue weighted by Gasteiger charge is -2.24. The van der Waals surface area contributed by atoms with Crippen LogP contribution in [0.5, 0.6) is 0 Å². The van der Waals surface area contributed by atoms with Gasteiger partial charge >= 0.3 is 6.03 Å². The average molecular weight is 279 g/mol. The van der Waals surface area contributed by atoms with Crippen molar-refractivity contribution < 1.29 is 14.4 Å². The lowest BCUT2D eigenvalue weighted by molar-refractivity contribution is -0.135. The highest BCUT2D eigenvalue weighted by Crippen LogP contribution is 2.32. The first-order chi connectivity index (χ1) is 9.59. The number of hydrogen-bond donors (Lipinski definition) is 2. The lowest BCUT2D eigenvalue weighted by atomic mass is 9.90. The SMILES string of the molecule is C=CCNC(=O)CN1C(=O)NC2(CCCCCC2)C1=O. The van der Waals surface area contributed by atoms with E-state index in [1.165, 1.54) is 0 Å². The van der Waals surface area contributed by atoms with E-state index in [1.807, 2.05) is 0 Å². The second kappa shape index (κ2) is 6.07. The maximum atomic E-state index is 12.5. The molecule has 2 aliphatic rings. The third-order valence-corrected chi connectivity index (χ3v) is 3.95. The zero-order valence-electron chi connectivity index (χ0n) is 11.6. The first-order valence-electron chi connectivity index (χ1n) is 7.11. The molecule has 1 heterocycles. The predicted octanol–water partition coefficient (Wildman–Crippen LogP) is 0.933. The van der Waals surface area contributed by atoms with Gasteiger partial charge in [-0.3, -0.25) is 14.5 Å². The summed E-state index contributed by atoms with van der Waals surface area (Å²) in [5, 5.41) is 5.38. The number of amides is 4. The molecule has 0 aromatic rings. The van der Waals surface area contributed by atoms with Crippen LogP contribution in [0.4, 0.5) is 4.79 Å². The molecule has 2 rings (SSSR count). The molecule has 1 spiro atoms. The Balaban J connectivity index is 2.04. The largest absolute Gasteiger partial charge is 0.351 e. The minimum absolute atomic E-state index is 0.222. The highest BCUT2D eigenvalue weighted by molar-refractivity contribution is 6.09. The molecule has 6 heteroatoms. The van der Waals surface area contributed by atoms with Crippen LogP contribution in [0, 0.1) is 0 Å². The van der Waals surface area contributed by atoms with Gasteiger partial charge in [0.25, 0.3) is 5.91 Å². The Hall–Kier alpha value is -1.85. The van der Waals surface area contributed by atoms with Gasteiger partial charge in [-0.05, 0) is 12.8 Å². The average Bonchev–Trinajstić information content (AvgIpc) is 2.63. The zero-order chi connectivity index (χ0) is 14.6. The van der Waals surface area contributed by atoms with Crippen molar-refractivity contribution in [3.8, 4) is 0 Å². The number of rotatable bonds is 4. The molecule has 0 radical (unpaired) electrons. The van der Waals surface area contributed by atoms with Crippen molar-refractivity contribution in [1.82, 2.24) is 15.5 Å². The monoisotopic (exact) mass is 279 g/mol. The van der Waals surface area contributed by atoms with Crippen molar-refractivity contribution in [1.29, 1.82) is 0 Å². The molecule has 0 aromatic heterocycles. The Morgan fingerprint density at radius 3 is 2.55 bits per heavy atom. The molecule has 110 valence electrons. The second-order valence-corrected chi connectivity index (χ2v) is 5.41. The summed E-state index contributed by atoms with van der Waals surface area (Å²) < 4.78 is 0. The fourth-order valence-electron chi connectivity index (χ4n) is 2.88. The molecule has 0 aromatic carbocycles. The van der Waals surface area contributed by atoms with Crippen LogP contribution in [0.1, 0.15) is 38.5 Å². The van der Waals surface area contributed by atoms with Gasteiger partial charge in [0.2, 0.25) is 5.91 Å². The third-order valence-electron chi connectivity index (χ3n) is 3.95. The number of carbonyl (C=O) groups is 3. The molecular weight excluding hydrogens is 258 g/mol. The number of imide groups is 1. The van der Waals surface area contributed by atoms with Gasteiger partial charge in [0.15, 0.2) is 0 Å². The Kier molecular flexibility index (Phi) is 4.42. The van der Waals surface area contributed by atoms with E-state index in [1.54, 1.807) is 6.08 Å². The summed E-state index contributed by atoms with van der Waals surface area (Å²) >= 11 is 0. The molecule has 4 amide bonds. The molecular formula is C14H21N3O3. The minimum atomic E-state index is -0.772. The molecule has 6 nitrogen and oxygen atoms in total. The lowest BCUT2D eigenvalue weighted by Crippen LogP contribution is -2.47. The van der Waals surface area contributed by atoms with Crippen molar-refractivity contribution in [2.24, 2.45) is 0 Å². The van der Waals surface area contributed by atoms with Crippen molar-refractivity contribution in [2.75, 3.05) is 13.1 Å². The maximum Gasteiger partial charge on any atom is 0.325 e. The van der Waals surface area contributed by atoms with Crippen molar-refractivity contribution in [3.63, 3.8) is 0 Å². The van der Waals surface area contributed by atoms with Gasteiger partial charge < -0.3 is 10.6 Å². The number of nitrogens with zero attached hydrogens (tertiary/aromatic N) is 1. The van der Waals surface area contributed by atoms with Crippen LogP contribution in [-0.2, 0) is 9.59 Å². The molecule has 1 aliphatic heterocycles. The summed E-state index contributed by atoms with van der Waals surface area (Å²) in [4.78, 5) is 37.2. The predicted molar refractivity (Wildman–Crippen MR) is 73.9 cm³/mol. The van der Waals surface area contributed by atoms with E-state index >= 15 is 0 Å². The van der Waals surface area contributed by atoms with E-state index in [-0.39, 0.29) is 18.4 Å². The highest BCUT2D eigenvalue weighted by Gasteiger charge is 2.50. The Labute approximate surface area is 118 Å². The molecule has 1 saturated carbocycles. The van der Waals surface area contributed by atoms with Crippen LogP contribution in [0.3, 0.4) is 0 Å². The maximum absolute atomic E-state index is 12.5. The normalized spacial score (nSPS) is 21.5. The van der Waals surface area contributed by atoms with E-state index < -0.39 is 11.6 Å². The Morgan fingerprint density at radius 1 is 1.30 bits per heavy atom. The van der Waals surface area contributed by atoms with Crippen molar-refractivity contribution >= 4 is 17.8 Å². The fourth-order valence-corrected chi connectivity index (χ4v) is 2.88. The molecule has 0 atom stereocenters. The molecule has 2 fully saturated rings. The summed E-state index contributed by atoms with van der Waals surface area (Å²) in [5.74, 6) is -0.600. The minimum Gasteiger partial charge on any atom is -0.351 e. The molecule has 1 aliphatic carbocycles. The van der Waals surface area contributed by atoms with Gasteiger partial charge in [0.05, 0.1) is 0 Å². The van der Waals surface area contributed by atoms with E-state index in [0.29, 0.717) is 19.4 Å². The second-order valence-electron chi connectivity index (χ2n) is 5.41. The van der Waals surface area contributed by atoms with Gasteiger partial charge in [-0.25, -0.2) is 4.79 Å². The van der Waals surface area contributed by atoms with Crippen LogP contribution in [0.15, 0.2) is 12.7 Å². The molecule has 2 N–H and O–H groups in total. The van der Waals surface area contributed by atoms with Crippen LogP contribution < -0.4 is 10.6 Å². The standard InChI is InChI=1S/C14H21N3O3/c1-2-9-15-11(18)10-17-12(19)14(16-13(17)20)7-5-3-4-6-8-14/h2H,1,3-10H2,(H,15,18)(H,16,20). The van der Waals surface area contributed by atoms with Gasteiger partial charge in [-0.1, -0.05) is 31.8 Å². The van der Waals surface area contributed by atoms with Crippen molar-refractivity contribution in [2.45, 2.75) is 44.1 Å². The highest BCUT2D eigenvalue weighted by atomic mass is 16.2. The van der Waals surface area contributed by atoms with E-state index in [2.05, 4.69) is 17.2 Å². The van der Waals surface area contributed by atoms with Crippen LogP contribution in [0.2, 0.25) is 0 Å². The smallest absolute Gasteiger partial charge is 0.325 e. The summed E-state index contributed by atoms with van der Waals surface area (Å²) in [6, 6.07) is -0.453. The topological polar surface area (TPSA) is 78.5 Å². The van der Waals surface area contributed by atoms with Crippen molar-refractivity contribution in [3.05, 3.63) is 12.7 Å². The number of urea groups is 1. The Morgan fingerprint density at radius 2 is 1.95 bits per heavy atom. The summed E-state index contributed by atoms with van der Waals surface area (Å²) in [5.41, 5.74) is -0.772. The van der Waals surface area contributed by atoms with Crippen LogP contribution in [-0.4, -0.2) is 41.4 Å². The number of hydrogen-bond acceptors (Lipinski definition) is 3. The number of nitrogens with one attached hydrogen (secondary N) is 2. The molecule has 0 unspecified atom stereocenters. The number of carbonyl (C=O) groups excluding carboxylic acids is 3. The zero-order valence-corrected chi connectivity index (χ0v) is 11.6. The molecule has 1 saturated heterocycles. The summed E-state index contributed by atoms with van der Waals surface area (Å²) in [6.45, 7) is 3.60. The third kappa shape index (κ3) is 2.84. The van der Waals surface area contributed by atoms with Gasteiger partial charge in [0, 0.05) is 6.54 Å². The van der Waals surface area contributed by atoms with Gasteiger partial charge in [-0.2, -0.15) is 0 Å². The van der Waals surface area contributed by atoms with E-state index in [0.717, 1.165) is 30.6 Å². The summed E-state index contributed by atoms with van der Waals surface area (Å²) in [7, 11) is 0. The quantitative estimate of drug-likeness (QED) is 0.593. The van der Waals surface area contributed by atoms with Crippen LogP contribution in [0.25, 0.3) is 0 Å².